The lowest BCUT2D eigenvalue weighted by Crippen LogP contribution is -2.02. The fourth-order valence-electron chi connectivity index (χ4n) is 2.46. The average molecular weight is 391 g/mol. The van der Waals surface area contributed by atoms with Gasteiger partial charge in [-0.1, -0.05) is 22.0 Å². The predicted molar refractivity (Wildman–Crippen MR) is 97.6 cm³/mol. The normalized spacial score (nSPS) is 10.8. The van der Waals surface area contributed by atoms with Crippen molar-refractivity contribution in [3.05, 3.63) is 63.1 Å². The number of rotatable bonds is 6. The van der Waals surface area contributed by atoms with Crippen molar-refractivity contribution in [2.75, 3.05) is 7.11 Å². The Morgan fingerprint density at radius 2 is 1.88 bits per heavy atom. The Labute approximate surface area is 149 Å². The second-order valence-corrected chi connectivity index (χ2v) is 6.32. The summed E-state index contributed by atoms with van der Waals surface area (Å²) in [6, 6.07) is 9.48. The van der Waals surface area contributed by atoms with Crippen LogP contribution in [0.4, 0.5) is 0 Å². The lowest BCUT2D eigenvalue weighted by Gasteiger charge is -2.15. The fraction of sp³-hybridized carbons (Fsp3) is 0.211. The Balaban J connectivity index is 2.25. The van der Waals surface area contributed by atoms with Gasteiger partial charge in [-0.2, -0.15) is 0 Å². The maximum Gasteiger partial charge on any atom is 0.328 e. The van der Waals surface area contributed by atoms with Gasteiger partial charge >= 0.3 is 5.97 Å². The lowest BCUT2D eigenvalue weighted by molar-refractivity contribution is -0.131. The molecular weight excluding hydrogens is 372 g/mol. The minimum atomic E-state index is -0.982. The minimum absolute atomic E-state index is 0.335. The Hall–Kier alpha value is -2.27. The van der Waals surface area contributed by atoms with Crippen LogP contribution in [0.25, 0.3) is 6.08 Å². The number of aryl methyl sites for hydroxylation is 2. The lowest BCUT2D eigenvalue weighted by atomic mass is 10.1. The number of hydrogen-bond acceptors (Lipinski definition) is 3. The van der Waals surface area contributed by atoms with E-state index in [1.54, 1.807) is 19.3 Å². The van der Waals surface area contributed by atoms with Gasteiger partial charge in [-0.3, -0.25) is 0 Å². The van der Waals surface area contributed by atoms with E-state index in [0.29, 0.717) is 12.4 Å². The Kier molecular flexibility index (Phi) is 6.04. The molecule has 4 nitrogen and oxygen atoms in total. The van der Waals surface area contributed by atoms with Crippen molar-refractivity contribution in [3.8, 4) is 11.5 Å². The molecule has 0 bridgehead atoms. The summed E-state index contributed by atoms with van der Waals surface area (Å²) in [6.07, 6.45) is 2.65. The van der Waals surface area contributed by atoms with E-state index in [9.17, 15) is 4.79 Å². The van der Waals surface area contributed by atoms with Crippen LogP contribution in [0.3, 0.4) is 0 Å². The van der Waals surface area contributed by atoms with Crippen molar-refractivity contribution in [1.29, 1.82) is 0 Å². The van der Waals surface area contributed by atoms with Crippen LogP contribution in [0.2, 0.25) is 0 Å². The van der Waals surface area contributed by atoms with Crippen LogP contribution in [-0.4, -0.2) is 18.2 Å². The summed E-state index contributed by atoms with van der Waals surface area (Å²) in [4.78, 5) is 10.7. The highest BCUT2D eigenvalue weighted by Gasteiger charge is 2.09. The maximum absolute atomic E-state index is 10.7. The first kappa shape index (κ1) is 18.1. The summed E-state index contributed by atoms with van der Waals surface area (Å²) in [5.41, 5.74) is 3.72. The van der Waals surface area contributed by atoms with Gasteiger partial charge in [-0.25, -0.2) is 4.79 Å². The highest BCUT2D eigenvalue weighted by molar-refractivity contribution is 9.10. The molecule has 2 rings (SSSR count). The van der Waals surface area contributed by atoms with Crippen molar-refractivity contribution in [1.82, 2.24) is 0 Å². The molecule has 5 heteroatoms. The maximum atomic E-state index is 10.7. The number of carbonyl (C=O) groups is 1. The van der Waals surface area contributed by atoms with Crippen molar-refractivity contribution in [2.45, 2.75) is 20.5 Å². The van der Waals surface area contributed by atoms with Gasteiger partial charge in [0.1, 0.15) is 18.1 Å². The number of methoxy groups -OCH3 is 1. The van der Waals surface area contributed by atoms with Gasteiger partial charge in [0.15, 0.2) is 0 Å². The molecule has 0 spiro atoms. The van der Waals surface area contributed by atoms with E-state index in [0.717, 1.165) is 38.6 Å². The van der Waals surface area contributed by atoms with Gasteiger partial charge in [0.05, 0.1) is 7.11 Å². The topological polar surface area (TPSA) is 55.8 Å². The van der Waals surface area contributed by atoms with Gasteiger partial charge in [0.25, 0.3) is 0 Å². The summed E-state index contributed by atoms with van der Waals surface area (Å²) in [6.45, 7) is 4.33. The number of carboxylic acids is 1. The van der Waals surface area contributed by atoms with Gasteiger partial charge in [0.2, 0.25) is 0 Å². The SMILES string of the molecule is COc1ccc(C=CC(=O)O)cc1COc1c(C)cc(Br)cc1C. The molecule has 2 aromatic rings. The molecule has 0 aromatic heterocycles. The predicted octanol–water partition coefficient (Wildman–Crippen LogP) is 4.75. The Morgan fingerprint density at radius 1 is 1.21 bits per heavy atom. The molecule has 24 heavy (non-hydrogen) atoms. The summed E-state index contributed by atoms with van der Waals surface area (Å²) in [7, 11) is 1.60. The van der Waals surface area contributed by atoms with Crippen LogP contribution < -0.4 is 9.47 Å². The zero-order valence-corrected chi connectivity index (χ0v) is 15.4. The number of benzene rings is 2. The molecule has 0 saturated heterocycles. The van der Waals surface area contributed by atoms with E-state index in [1.807, 2.05) is 38.1 Å². The highest BCUT2D eigenvalue weighted by Crippen LogP contribution is 2.29. The first-order valence-corrected chi connectivity index (χ1v) is 8.17. The van der Waals surface area contributed by atoms with Crippen molar-refractivity contribution in [3.63, 3.8) is 0 Å². The quantitative estimate of drug-likeness (QED) is 0.722. The van der Waals surface area contributed by atoms with E-state index >= 15 is 0 Å². The molecule has 0 atom stereocenters. The average Bonchev–Trinajstić information content (AvgIpc) is 2.52. The van der Waals surface area contributed by atoms with Gasteiger partial charge < -0.3 is 14.6 Å². The van der Waals surface area contributed by atoms with Gasteiger partial charge in [-0.05, 0) is 60.9 Å². The smallest absolute Gasteiger partial charge is 0.328 e. The van der Waals surface area contributed by atoms with Crippen molar-refractivity contribution in [2.24, 2.45) is 0 Å². The zero-order chi connectivity index (χ0) is 17.7. The van der Waals surface area contributed by atoms with Crippen molar-refractivity contribution < 1.29 is 19.4 Å². The van der Waals surface area contributed by atoms with Crippen molar-refractivity contribution >= 4 is 28.0 Å². The second-order valence-electron chi connectivity index (χ2n) is 5.40. The Bertz CT molecular complexity index is 758. The van der Waals surface area contributed by atoms with E-state index in [1.165, 1.54) is 0 Å². The van der Waals surface area contributed by atoms with E-state index in [2.05, 4.69) is 15.9 Å². The number of hydrogen-bond donors (Lipinski definition) is 1. The summed E-state index contributed by atoms with van der Waals surface area (Å²) < 4.78 is 12.4. The number of halogens is 1. The first-order valence-electron chi connectivity index (χ1n) is 7.38. The van der Waals surface area contributed by atoms with Crippen LogP contribution in [0, 0.1) is 13.8 Å². The third kappa shape index (κ3) is 4.61. The molecule has 0 heterocycles. The van der Waals surface area contributed by atoms with Gasteiger partial charge in [0, 0.05) is 16.1 Å². The van der Waals surface area contributed by atoms with Crippen LogP contribution >= 0.6 is 15.9 Å². The molecule has 0 aliphatic carbocycles. The molecule has 0 radical (unpaired) electrons. The number of aliphatic carboxylic acids is 1. The standard InChI is InChI=1S/C19H19BrO4/c1-12-8-16(20)9-13(2)19(12)24-11-15-10-14(5-7-18(21)22)4-6-17(15)23-3/h4-10H,11H2,1-3H3,(H,21,22). The molecule has 0 aliphatic rings. The molecular formula is C19H19BrO4. The molecule has 1 N–H and O–H groups in total. The molecule has 0 saturated carbocycles. The molecule has 0 aliphatic heterocycles. The zero-order valence-electron chi connectivity index (χ0n) is 13.8. The van der Waals surface area contributed by atoms with E-state index < -0.39 is 5.97 Å². The van der Waals surface area contributed by atoms with Gasteiger partial charge in [-0.15, -0.1) is 0 Å². The number of carboxylic acid groups (broad SMARTS) is 1. The van der Waals surface area contributed by atoms with Crippen LogP contribution in [0.1, 0.15) is 22.3 Å². The molecule has 0 fully saturated rings. The summed E-state index contributed by atoms with van der Waals surface area (Å²) in [5.74, 6) is 0.561. The molecule has 126 valence electrons. The van der Waals surface area contributed by atoms with E-state index in [4.69, 9.17) is 14.6 Å². The summed E-state index contributed by atoms with van der Waals surface area (Å²) >= 11 is 3.47. The minimum Gasteiger partial charge on any atom is -0.496 e. The Morgan fingerprint density at radius 3 is 2.46 bits per heavy atom. The van der Waals surface area contributed by atoms with Crippen LogP contribution in [-0.2, 0) is 11.4 Å². The van der Waals surface area contributed by atoms with Crippen LogP contribution in [0.15, 0.2) is 40.9 Å². The number of ether oxygens (including phenoxy) is 2. The second kappa shape index (κ2) is 8.02. The molecule has 0 unspecified atom stereocenters. The molecule has 0 amide bonds. The monoisotopic (exact) mass is 390 g/mol. The van der Waals surface area contributed by atoms with E-state index in [-0.39, 0.29) is 0 Å². The largest absolute Gasteiger partial charge is 0.496 e. The molecule has 2 aromatic carbocycles. The third-order valence-electron chi connectivity index (χ3n) is 3.52. The summed E-state index contributed by atoms with van der Waals surface area (Å²) in [5, 5.41) is 8.74. The highest BCUT2D eigenvalue weighted by atomic mass is 79.9. The third-order valence-corrected chi connectivity index (χ3v) is 3.98. The fourth-order valence-corrected chi connectivity index (χ4v) is 3.14. The van der Waals surface area contributed by atoms with Crippen LogP contribution in [0.5, 0.6) is 11.5 Å². The first-order chi connectivity index (χ1) is 11.4.